The molecule has 0 radical (unpaired) electrons. The Balaban J connectivity index is 2.14. The molecule has 1 aromatic rings. The summed E-state index contributed by atoms with van der Waals surface area (Å²) >= 11 is 3.37. The molecule has 1 aliphatic rings. The smallest absolute Gasteiger partial charge is 0.241 e. The highest BCUT2D eigenvalue weighted by molar-refractivity contribution is 9.10. The normalized spacial score (nSPS) is 17.1. The first-order valence-corrected chi connectivity index (χ1v) is 9.23. The third kappa shape index (κ3) is 4.04. The number of rotatable bonds is 7. The molecule has 0 saturated heterocycles. The van der Waals surface area contributed by atoms with Crippen LogP contribution in [0.4, 0.5) is 0 Å². The van der Waals surface area contributed by atoms with Gasteiger partial charge in [0.15, 0.2) is 0 Å². The van der Waals surface area contributed by atoms with Gasteiger partial charge in [0, 0.05) is 17.1 Å². The number of halogens is 1. The Kier molecular flexibility index (Phi) is 5.23. The molecule has 1 unspecified atom stereocenters. The fourth-order valence-corrected chi connectivity index (χ4v) is 4.58. The van der Waals surface area contributed by atoms with E-state index in [0.717, 1.165) is 31.5 Å². The molecule has 112 valence electrons. The van der Waals surface area contributed by atoms with E-state index in [9.17, 15) is 8.42 Å². The van der Waals surface area contributed by atoms with Gasteiger partial charge in [0.25, 0.3) is 0 Å². The second-order valence-electron chi connectivity index (χ2n) is 5.29. The van der Waals surface area contributed by atoms with Gasteiger partial charge in [-0.1, -0.05) is 13.0 Å². The van der Waals surface area contributed by atoms with Crippen LogP contribution in [0.25, 0.3) is 0 Å². The van der Waals surface area contributed by atoms with Gasteiger partial charge in [-0.15, -0.1) is 0 Å². The molecule has 2 rings (SSSR count). The lowest BCUT2D eigenvalue weighted by atomic mass is 10.2. The molecule has 0 bridgehead atoms. The van der Waals surface area contributed by atoms with E-state index in [-0.39, 0.29) is 6.04 Å². The van der Waals surface area contributed by atoms with E-state index < -0.39 is 10.0 Å². The van der Waals surface area contributed by atoms with Crippen LogP contribution in [0.15, 0.2) is 27.6 Å². The Hall–Kier alpha value is -0.430. The fourth-order valence-electron chi connectivity index (χ4n) is 2.14. The van der Waals surface area contributed by atoms with E-state index >= 15 is 0 Å². The number of nitrogens with one attached hydrogen (secondary N) is 2. The standard InChI is InChI=1S/C14H21BrN2O2S/c1-3-16-9-11-4-7-14(13(15)8-11)20(18,19)17-10(2)12-5-6-12/h4,7-8,10,12,16-17H,3,5-6,9H2,1-2H3. The molecule has 6 heteroatoms. The van der Waals surface area contributed by atoms with Crippen LogP contribution >= 0.6 is 15.9 Å². The summed E-state index contributed by atoms with van der Waals surface area (Å²) in [6.07, 6.45) is 2.24. The zero-order chi connectivity index (χ0) is 14.8. The molecular formula is C14H21BrN2O2S. The van der Waals surface area contributed by atoms with Crippen LogP contribution in [-0.4, -0.2) is 21.0 Å². The largest absolute Gasteiger partial charge is 0.313 e. The second kappa shape index (κ2) is 6.56. The number of hydrogen-bond donors (Lipinski definition) is 2. The van der Waals surface area contributed by atoms with Gasteiger partial charge < -0.3 is 5.32 Å². The molecule has 4 nitrogen and oxygen atoms in total. The van der Waals surface area contributed by atoms with Crippen molar-refractivity contribution < 1.29 is 8.42 Å². The molecule has 0 aliphatic heterocycles. The van der Waals surface area contributed by atoms with E-state index in [1.807, 2.05) is 26.0 Å². The summed E-state index contributed by atoms with van der Waals surface area (Å²) in [6.45, 7) is 5.60. The van der Waals surface area contributed by atoms with Gasteiger partial charge in [0.1, 0.15) is 0 Å². The predicted octanol–water partition coefficient (Wildman–Crippen LogP) is 2.64. The molecule has 0 spiro atoms. The van der Waals surface area contributed by atoms with Gasteiger partial charge in [-0.2, -0.15) is 0 Å². The quantitative estimate of drug-likeness (QED) is 0.785. The van der Waals surface area contributed by atoms with Crippen LogP contribution in [-0.2, 0) is 16.6 Å². The Morgan fingerprint density at radius 1 is 1.40 bits per heavy atom. The van der Waals surface area contributed by atoms with E-state index in [1.54, 1.807) is 6.07 Å². The lowest BCUT2D eigenvalue weighted by Gasteiger charge is -2.15. The van der Waals surface area contributed by atoms with Crippen LogP contribution in [0.1, 0.15) is 32.3 Å². The number of benzene rings is 1. The summed E-state index contributed by atoms with van der Waals surface area (Å²) in [7, 11) is -3.45. The Bertz CT molecular complexity index is 571. The predicted molar refractivity (Wildman–Crippen MR) is 84.0 cm³/mol. The van der Waals surface area contributed by atoms with E-state index in [1.165, 1.54) is 0 Å². The molecule has 1 aliphatic carbocycles. The SMILES string of the molecule is CCNCc1ccc(S(=O)(=O)NC(C)C2CC2)c(Br)c1. The van der Waals surface area contributed by atoms with Crippen molar-refractivity contribution in [2.24, 2.45) is 5.92 Å². The number of sulfonamides is 1. The van der Waals surface area contributed by atoms with Gasteiger partial charge in [-0.05, 0) is 65.9 Å². The van der Waals surface area contributed by atoms with Crippen LogP contribution in [0.5, 0.6) is 0 Å². The molecule has 0 amide bonds. The Labute approximate surface area is 129 Å². The summed E-state index contributed by atoms with van der Waals surface area (Å²) in [5.74, 6) is 0.497. The highest BCUT2D eigenvalue weighted by Gasteiger charge is 2.31. The molecular weight excluding hydrogens is 340 g/mol. The van der Waals surface area contributed by atoms with Crippen molar-refractivity contribution in [3.8, 4) is 0 Å². The maximum absolute atomic E-state index is 12.4. The van der Waals surface area contributed by atoms with Crippen molar-refractivity contribution in [2.45, 2.75) is 44.2 Å². The fraction of sp³-hybridized carbons (Fsp3) is 0.571. The molecule has 0 heterocycles. The van der Waals surface area contributed by atoms with Gasteiger partial charge in [-0.25, -0.2) is 13.1 Å². The second-order valence-corrected chi connectivity index (χ2v) is 7.83. The van der Waals surface area contributed by atoms with E-state index in [2.05, 4.69) is 26.0 Å². The van der Waals surface area contributed by atoms with Crippen LogP contribution in [0.2, 0.25) is 0 Å². The molecule has 0 aromatic heterocycles. The third-order valence-corrected chi connectivity index (χ3v) is 6.07. The van der Waals surface area contributed by atoms with E-state index in [0.29, 0.717) is 15.3 Å². The van der Waals surface area contributed by atoms with Crippen LogP contribution in [0.3, 0.4) is 0 Å². The molecule has 2 N–H and O–H groups in total. The summed E-state index contributed by atoms with van der Waals surface area (Å²) in [6, 6.07) is 5.38. The first-order valence-electron chi connectivity index (χ1n) is 6.95. The van der Waals surface area contributed by atoms with Crippen molar-refractivity contribution in [3.63, 3.8) is 0 Å². The maximum Gasteiger partial charge on any atom is 0.241 e. The maximum atomic E-state index is 12.4. The average Bonchev–Trinajstić information content (AvgIpc) is 3.19. The minimum absolute atomic E-state index is 0.00772. The summed E-state index contributed by atoms with van der Waals surface area (Å²) in [4.78, 5) is 0.310. The summed E-state index contributed by atoms with van der Waals surface area (Å²) in [5, 5.41) is 3.22. The average molecular weight is 361 g/mol. The first-order chi connectivity index (χ1) is 9.44. The Morgan fingerprint density at radius 3 is 2.65 bits per heavy atom. The zero-order valence-electron chi connectivity index (χ0n) is 11.8. The summed E-state index contributed by atoms with van der Waals surface area (Å²) < 4.78 is 28.1. The molecule has 1 atom stereocenters. The highest BCUT2D eigenvalue weighted by Crippen LogP contribution is 2.33. The lowest BCUT2D eigenvalue weighted by Crippen LogP contribution is -2.34. The number of hydrogen-bond acceptors (Lipinski definition) is 3. The van der Waals surface area contributed by atoms with Crippen molar-refractivity contribution in [2.75, 3.05) is 6.54 Å². The van der Waals surface area contributed by atoms with Crippen molar-refractivity contribution in [3.05, 3.63) is 28.2 Å². The van der Waals surface area contributed by atoms with Crippen molar-refractivity contribution in [1.29, 1.82) is 0 Å². The molecule has 1 saturated carbocycles. The summed E-state index contributed by atoms with van der Waals surface area (Å²) in [5.41, 5.74) is 1.06. The van der Waals surface area contributed by atoms with Crippen LogP contribution in [0, 0.1) is 5.92 Å². The first kappa shape index (κ1) is 15.9. The van der Waals surface area contributed by atoms with Crippen LogP contribution < -0.4 is 10.0 Å². The van der Waals surface area contributed by atoms with Gasteiger partial charge in [0.2, 0.25) is 10.0 Å². The van der Waals surface area contributed by atoms with Crippen molar-refractivity contribution >= 4 is 26.0 Å². The molecule has 1 aromatic carbocycles. The van der Waals surface area contributed by atoms with Gasteiger partial charge in [-0.3, -0.25) is 0 Å². The van der Waals surface area contributed by atoms with E-state index in [4.69, 9.17) is 0 Å². The molecule has 1 fully saturated rings. The highest BCUT2D eigenvalue weighted by atomic mass is 79.9. The zero-order valence-corrected chi connectivity index (χ0v) is 14.2. The Morgan fingerprint density at radius 2 is 2.10 bits per heavy atom. The molecule has 20 heavy (non-hydrogen) atoms. The van der Waals surface area contributed by atoms with Gasteiger partial charge in [0.05, 0.1) is 4.90 Å². The third-order valence-electron chi connectivity index (χ3n) is 3.54. The monoisotopic (exact) mass is 360 g/mol. The van der Waals surface area contributed by atoms with Gasteiger partial charge >= 0.3 is 0 Å². The van der Waals surface area contributed by atoms with Crippen molar-refractivity contribution in [1.82, 2.24) is 10.0 Å². The minimum Gasteiger partial charge on any atom is -0.313 e. The lowest BCUT2D eigenvalue weighted by molar-refractivity contribution is 0.537. The topological polar surface area (TPSA) is 58.2 Å². The minimum atomic E-state index is -3.45.